The lowest BCUT2D eigenvalue weighted by Gasteiger charge is -2.13. The Morgan fingerprint density at radius 3 is 2.43 bits per heavy atom. The largest absolute Gasteiger partial charge is 0.506 e. The zero-order valence-corrected chi connectivity index (χ0v) is 7.60. The molecule has 1 atom stereocenters. The van der Waals surface area contributed by atoms with E-state index in [4.69, 9.17) is 17.3 Å². The van der Waals surface area contributed by atoms with E-state index >= 15 is 0 Å². The van der Waals surface area contributed by atoms with Crippen molar-refractivity contribution < 1.29 is 18.3 Å². The zero-order chi connectivity index (χ0) is 10.9. The molecule has 1 aromatic rings. The molecule has 0 amide bonds. The monoisotopic (exact) mass is 225 g/mol. The van der Waals surface area contributed by atoms with Crippen molar-refractivity contribution in [2.75, 3.05) is 0 Å². The highest BCUT2D eigenvalue weighted by atomic mass is 35.5. The number of phenols is 1. The summed E-state index contributed by atoms with van der Waals surface area (Å²) in [5.41, 5.74) is 4.79. The summed E-state index contributed by atoms with van der Waals surface area (Å²) in [5, 5.41) is 8.61. The van der Waals surface area contributed by atoms with Crippen LogP contribution in [0.1, 0.15) is 11.6 Å². The van der Waals surface area contributed by atoms with E-state index in [0.29, 0.717) is 0 Å². The van der Waals surface area contributed by atoms with Crippen LogP contribution >= 0.6 is 11.6 Å². The average Bonchev–Trinajstić information content (AvgIpc) is 2.13. The number of phenolic OH excluding ortho intramolecular Hbond substituents is 1. The van der Waals surface area contributed by atoms with Gasteiger partial charge in [0.05, 0.1) is 6.04 Å². The van der Waals surface area contributed by atoms with Gasteiger partial charge in [0.2, 0.25) is 0 Å². The third-order valence-electron chi connectivity index (χ3n) is 1.73. The number of hydrogen-bond acceptors (Lipinski definition) is 2. The minimum atomic E-state index is -2.84. The fraction of sp³-hybridized carbons (Fsp3) is 0.250. The Morgan fingerprint density at radius 1 is 1.36 bits per heavy atom. The quantitative estimate of drug-likeness (QED) is 0.812. The van der Waals surface area contributed by atoms with Crippen LogP contribution < -0.4 is 5.73 Å². The van der Waals surface area contributed by atoms with E-state index < -0.39 is 29.1 Å². The molecule has 0 unspecified atom stereocenters. The van der Waals surface area contributed by atoms with Gasteiger partial charge in [-0.1, -0.05) is 17.7 Å². The Hall–Kier alpha value is -0.940. The number of hydrogen-bond donors (Lipinski definition) is 2. The van der Waals surface area contributed by atoms with Crippen molar-refractivity contribution in [2.45, 2.75) is 12.5 Å². The van der Waals surface area contributed by atoms with Gasteiger partial charge in [0.15, 0.2) is 0 Å². The number of nitrogens with two attached hydrogens (primary N) is 1. The molecule has 0 aliphatic carbocycles. The van der Waals surface area contributed by atoms with Crippen LogP contribution in [0.4, 0.5) is 13.2 Å². The summed E-state index contributed by atoms with van der Waals surface area (Å²) in [4.78, 5) is 0. The van der Waals surface area contributed by atoms with E-state index in [0.717, 1.165) is 12.1 Å². The second-order valence-corrected chi connectivity index (χ2v) is 3.04. The highest BCUT2D eigenvalue weighted by Gasteiger charge is 2.23. The summed E-state index contributed by atoms with van der Waals surface area (Å²) in [6.45, 7) is 0. The van der Waals surface area contributed by atoms with Gasteiger partial charge < -0.3 is 10.8 Å². The molecule has 1 aromatic carbocycles. The Labute approximate surface area is 83.1 Å². The summed E-state index contributed by atoms with van der Waals surface area (Å²) in [6.07, 6.45) is -2.84. The van der Waals surface area contributed by atoms with Gasteiger partial charge in [-0.05, 0) is 6.07 Å². The topological polar surface area (TPSA) is 46.2 Å². The number of aromatic hydroxyl groups is 1. The molecule has 0 spiro atoms. The SMILES string of the molecule is N[C@@H](c1ccc(F)c(Cl)c1O)C(F)F. The minimum Gasteiger partial charge on any atom is -0.506 e. The standard InChI is InChI=1S/C8H7ClF3NO/c9-5-4(10)2-1-3(7(5)14)6(13)8(11)12/h1-2,6,8,14H,13H2/t6-/m0/s1. The molecule has 0 aliphatic rings. The van der Waals surface area contributed by atoms with Gasteiger partial charge in [-0.3, -0.25) is 0 Å². The van der Waals surface area contributed by atoms with Gasteiger partial charge in [-0.15, -0.1) is 0 Å². The first kappa shape index (κ1) is 11.1. The van der Waals surface area contributed by atoms with Crippen molar-refractivity contribution in [3.8, 4) is 5.75 Å². The Balaban J connectivity index is 3.17. The van der Waals surface area contributed by atoms with Crippen molar-refractivity contribution in [3.63, 3.8) is 0 Å². The molecule has 0 saturated heterocycles. The third kappa shape index (κ3) is 1.93. The van der Waals surface area contributed by atoms with Crippen molar-refractivity contribution in [3.05, 3.63) is 28.5 Å². The third-order valence-corrected chi connectivity index (χ3v) is 2.09. The van der Waals surface area contributed by atoms with Crippen LogP contribution in [0.2, 0.25) is 5.02 Å². The summed E-state index contributed by atoms with van der Waals surface area (Å²) < 4.78 is 37.0. The molecule has 0 bridgehead atoms. The lowest BCUT2D eigenvalue weighted by molar-refractivity contribution is 0.115. The van der Waals surface area contributed by atoms with Gasteiger partial charge in [-0.25, -0.2) is 13.2 Å². The minimum absolute atomic E-state index is 0.272. The van der Waals surface area contributed by atoms with E-state index in [1.165, 1.54) is 0 Å². The van der Waals surface area contributed by atoms with Crippen molar-refractivity contribution in [1.29, 1.82) is 0 Å². The lowest BCUT2D eigenvalue weighted by atomic mass is 10.1. The first-order chi connectivity index (χ1) is 6.45. The van der Waals surface area contributed by atoms with E-state index in [2.05, 4.69) is 0 Å². The molecule has 0 aliphatic heterocycles. The normalized spacial score (nSPS) is 13.3. The second kappa shape index (κ2) is 4.06. The van der Waals surface area contributed by atoms with E-state index in [1.54, 1.807) is 0 Å². The van der Waals surface area contributed by atoms with Crippen LogP contribution in [0.25, 0.3) is 0 Å². The molecule has 3 N–H and O–H groups in total. The van der Waals surface area contributed by atoms with Crippen LogP contribution in [0, 0.1) is 5.82 Å². The molecule has 0 saturated carbocycles. The summed E-state index contributed by atoms with van der Waals surface area (Å²) >= 11 is 5.31. The predicted molar refractivity (Wildman–Crippen MR) is 46.0 cm³/mol. The summed E-state index contributed by atoms with van der Waals surface area (Å²) in [7, 11) is 0. The average molecular weight is 226 g/mol. The van der Waals surface area contributed by atoms with Gasteiger partial charge in [-0.2, -0.15) is 0 Å². The molecular formula is C8H7ClF3NO. The van der Waals surface area contributed by atoms with Gasteiger partial charge in [0.1, 0.15) is 16.6 Å². The fourth-order valence-electron chi connectivity index (χ4n) is 0.960. The maximum Gasteiger partial charge on any atom is 0.257 e. The van der Waals surface area contributed by atoms with Crippen molar-refractivity contribution in [2.24, 2.45) is 5.73 Å². The molecule has 78 valence electrons. The highest BCUT2D eigenvalue weighted by Crippen LogP contribution is 2.34. The lowest BCUT2D eigenvalue weighted by Crippen LogP contribution is -2.19. The molecule has 0 heterocycles. The molecule has 1 rings (SSSR count). The Morgan fingerprint density at radius 2 is 1.93 bits per heavy atom. The van der Waals surface area contributed by atoms with E-state index in [9.17, 15) is 18.3 Å². The van der Waals surface area contributed by atoms with Crippen LogP contribution in [-0.4, -0.2) is 11.5 Å². The number of alkyl halides is 2. The number of halogens is 4. The fourth-order valence-corrected chi connectivity index (χ4v) is 1.13. The first-order valence-electron chi connectivity index (χ1n) is 3.65. The molecule has 0 radical (unpaired) electrons. The highest BCUT2D eigenvalue weighted by molar-refractivity contribution is 6.32. The second-order valence-electron chi connectivity index (χ2n) is 2.66. The van der Waals surface area contributed by atoms with E-state index in [-0.39, 0.29) is 5.56 Å². The molecule has 0 fully saturated rings. The Bertz CT molecular complexity index is 346. The molecule has 6 heteroatoms. The number of rotatable bonds is 2. The van der Waals surface area contributed by atoms with Gasteiger partial charge in [0.25, 0.3) is 6.43 Å². The molecular weight excluding hydrogens is 219 g/mol. The van der Waals surface area contributed by atoms with Crippen LogP contribution in [0.3, 0.4) is 0 Å². The maximum atomic E-state index is 12.7. The van der Waals surface area contributed by atoms with Gasteiger partial charge >= 0.3 is 0 Å². The predicted octanol–water partition coefficient (Wildman–Crippen LogP) is 2.45. The molecule has 0 aromatic heterocycles. The van der Waals surface area contributed by atoms with Crippen LogP contribution in [-0.2, 0) is 0 Å². The number of benzene rings is 1. The van der Waals surface area contributed by atoms with Crippen molar-refractivity contribution >= 4 is 11.6 Å². The summed E-state index contributed by atoms with van der Waals surface area (Å²) in [6, 6.07) is 0.181. The maximum absolute atomic E-state index is 12.7. The molecule has 2 nitrogen and oxygen atoms in total. The van der Waals surface area contributed by atoms with E-state index in [1.807, 2.05) is 0 Å². The van der Waals surface area contributed by atoms with Crippen LogP contribution in [0.15, 0.2) is 12.1 Å². The smallest absolute Gasteiger partial charge is 0.257 e. The van der Waals surface area contributed by atoms with Gasteiger partial charge in [0, 0.05) is 5.56 Å². The molecule has 14 heavy (non-hydrogen) atoms. The zero-order valence-electron chi connectivity index (χ0n) is 6.85. The first-order valence-corrected chi connectivity index (χ1v) is 4.03. The Kier molecular flexibility index (Phi) is 3.23. The van der Waals surface area contributed by atoms with Crippen LogP contribution in [0.5, 0.6) is 5.75 Å². The summed E-state index contributed by atoms with van der Waals surface area (Å²) in [5.74, 6) is -1.62. The van der Waals surface area contributed by atoms with Crippen molar-refractivity contribution in [1.82, 2.24) is 0 Å².